The lowest BCUT2D eigenvalue weighted by Gasteiger charge is -2.05. The molecule has 0 aliphatic rings. The molecular weight excluding hydrogens is 406 g/mol. The molecular formula is C21H23N3O3S2. The van der Waals surface area contributed by atoms with Crippen molar-refractivity contribution in [2.45, 2.75) is 17.9 Å². The van der Waals surface area contributed by atoms with Crippen LogP contribution in [0.4, 0.5) is 0 Å². The van der Waals surface area contributed by atoms with Crippen LogP contribution in [0.25, 0.3) is 11.5 Å². The summed E-state index contributed by atoms with van der Waals surface area (Å²) in [6, 6.07) is 15.9. The molecule has 0 bridgehead atoms. The molecule has 152 valence electrons. The zero-order valence-corrected chi connectivity index (χ0v) is 18.0. The van der Waals surface area contributed by atoms with E-state index in [9.17, 15) is 4.79 Å². The van der Waals surface area contributed by atoms with E-state index in [0.717, 1.165) is 22.8 Å². The van der Waals surface area contributed by atoms with Crippen LogP contribution >= 0.6 is 23.5 Å². The van der Waals surface area contributed by atoms with Crippen molar-refractivity contribution < 1.29 is 13.9 Å². The number of carbonyl (C=O) groups excluding carboxylic acids is 1. The topological polar surface area (TPSA) is 77.2 Å². The summed E-state index contributed by atoms with van der Waals surface area (Å²) in [6.07, 6.45) is 0. The largest absolute Gasteiger partial charge is 0.497 e. The Labute approximate surface area is 178 Å². The van der Waals surface area contributed by atoms with Crippen LogP contribution in [-0.4, -0.2) is 41.3 Å². The Morgan fingerprint density at radius 2 is 1.86 bits per heavy atom. The van der Waals surface area contributed by atoms with Gasteiger partial charge in [-0.15, -0.1) is 10.2 Å². The minimum Gasteiger partial charge on any atom is -0.497 e. The Hall–Kier alpha value is -2.45. The predicted molar refractivity (Wildman–Crippen MR) is 117 cm³/mol. The number of nitrogens with zero attached hydrogens (tertiary/aromatic N) is 2. The third-order valence-electron chi connectivity index (χ3n) is 4.03. The molecule has 0 unspecified atom stereocenters. The molecule has 2 aromatic carbocycles. The summed E-state index contributed by atoms with van der Waals surface area (Å²) in [5.74, 6) is 3.19. The van der Waals surface area contributed by atoms with Crippen LogP contribution in [0.5, 0.6) is 5.75 Å². The van der Waals surface area contributed by atoms with Crippen LogP contribution in [0, 0.1) is 6.92 Å². The van der Waals surface area contributed by atoms with Gasteiger partial charge in [0, 0.05) is 23.6 Å². The molecule has 1 amide bonds. The quantitative estimate of drug-likeness (QED) is 0.382. The van der Waals surface area contributed by atoms with Crippen LogP contribution in [0.2, 0.25) is 0 Å². The molecule has 1 N–H and O–H groups in total. The number of hydrogen-bond acceptors (Lipinski definition) is 7. The number of carbonyl (C=O) groups is 1. The fourth-order valence-corrected chi connectivity index (χ4v) is 3.85. The summed E-state index contributed by atoms with van der Waals surface area (Å²) in [5.41, 5.74) is 3.37. The number of benzene rings is 2. The number of methoxy groups -OCH3 is 1. The first-order valence-corrected chi connectivity index (χ1v) is 11.3. The third kappa shape index (κ3) is 6.83. The molecule has 6 nitrogen and oxygen atoms in total. The highest BCUT2D eigenvalue weighted by Crippen LogP contribution is 2.24. The second kappa shape index (κ2) is 10.9. The number of aromatic nitrogens is 2. The Morgan fingerprint density at radius 3 is 2.59 bits per heavy atom. The molecule has 3 aromatic rings. The molecule has 0 spiro atoms. The zero-order valence-electron chi connectivity index (χ0n) is 16.4. The van der Waals surface area contributed by atoms with Crippen LogP contribution < -0.4 is 10.1 Å². The van der Waals surface area contributed by atoms with Crippen LogP contribution in [0.3, 0.4) is 0 Å². The first kappa shape index (κ1) is 21.3. The standard InChI is InChI=1S/C21H23N3O3S2/c1-15-3-5-16(6-4-15)13-28-12-11-22-19(25)14-29-21-24-23-20(27-21)17-7-9-18(26-2)10-8-17/h3-10H,11-14H2,1-2H3,(H,22,25). The first-order chi connectivity index (χ1) is 14.1. The fraction of sp³-hybridized carbons (Fsp3) is 0.286. The van der Waals surface area contributed by atoms with Gasteiger partial charge in [0.1, 0.15) is 5.75 Å². The molecule has 8 heteroatoms. The number of hydrogen-bond donors (Lipinski definition) is 1. The van der Waals surface area contributed by atoms with Gasteiger partial charge in [-0.2, -0.15) is 11.8 Å². The summed E-state index contributed by atoms with van der Waals surface area (Å²) in [4.78, 5) is 12.0. The Balaban J connectivity index is 1.34. The van der Waals surface area contributed by atoms with Crippen molar-refractivity contribution in [1.29, 1.82) is 0 Å². The van der Waals surface area contributed by atoms with Gasteiger partial charge in [0.15, 0.2) is 0 Å². The van der Waals surface area contributed by atoms with Crippen LogP contribution in [-0.2, 0) is 10.5 Å². The number of amides is 1. The Morgan fingerprint density at radius 1 is 1.10 bits per heavy atom. The minimum atomic E-state index is -0.0462. The minimum absolute atomic E-state index is 0.0462. The molecule has 0 aliphatic heterocycles. The monoisotopic (exact) mass is 429 g/mol. The summed E-state index contributed by atoms with van der Waals surface area (Å²) in [6.45, 7) is 2.72. The van der Waals surface area contributed by atoms with Gasteiger partial charge in [-0.1, -0.05) is 41.6 Å². The maximum atomic E-state index is 12.0. The average Bonchev–Trinajstić information content (AvgIpc) is 3.22. The van der Waals surface area contributed by atoms with Crippen molar-refractivity contribution in [1.82, 2.24) is 15.5 Å². The van der Waals surface area contributed by atoms with Gasteiger partial charge >= 0.3 is 0 Å². The highest BCUT2D eigenvalue weighted by molar-refractivity contribution is 7.99. The SMILES string of the molecule is COc1ccc(-c2nnc(SCC(=O)NCCSCc3ccc(C)cc3)o2)cc1. The first-order valence-electron chi connectivity index (χ1n) is 9.15. The van der Waals surface area contributed by atoms with Crippen molar-refractivity contribution in [3.63, 3.8) is 0 Å². The molecule has 0 radical (unpaired) electrons. The van der Waals surface area contributed by atoms with E-state index in [1.807, 2.05) is 24.3 Å². The third-order valence-corrected chi connectivity index (χ3v) is 5.88. The number of rotatable bonds is 10. The van der Waals surface area contributed by atoms with E-state index in [1.165, 1.54) is 22.9 Å². The Kier molecular flexibility index (Phi) is 8.01. The van der Waals surface area contributed by atoms with Crippen LogP contribution in [0.1, 0.15) is 11.1 Å². The highest BCUT2D eigenvalue weighted by atomic mass is 32.2. The number of ether oxygens (including phenoxy) is 1. The molecule has 0 saturated heterocycles. The number of thioether (sulfide) groups is 2. The summed E-state index contributed by atoms with van der Waals surface area (Å²) >= 11 is 3.03. The normalized spacial score (nSPS) is 10.7. The van der Waals surface area contributed by atoms with Gasteiger partial charge in [0.25, 0.3) is 5.22 Å². The van der Waals surface area contributed by atoms with Crippen molar-refractivity contribution in [3.8, 4) is 17.2 Å². The van der Waals surface area contributed by atoms with E-state index < -0.39 is 0 Å². The van der Waals surface area contributed by atoms with Gasteiger partial charge in [-0.05, 0) is 36.8 Å². The molecule has 0 aliphatic carbocycles. The molecule has 3 rings (SSSR count). The summed E-state index contributed by atoms with van der Waals surface area (Å²) < 4.78 is 10.7. The van der Waals surface area contributed by atoms with E-state index in [-0.39, 0.29) is 11.7 Å². The number of nitrogens with one attached hydrogen (secondary N) is 1. The van der Waals surface area contributed by atoms with Crippen molar-refractivity contribution >= 4 is 29.4 Å². The lowest BCUT2D eigenvalue weighted by Crippen LogP contribution is -2.27. The predicted octanol–water partition coefficient (Wildman–Crippen LogP) is 4.20. The lowest BCUT2D eigenvalue weighted by atomic mass is 10.2. The Bertz CT molecular complexity index is 912. The summed E-state index contributed by atoms with van der Waals surface area (Å²) in [5, 5.41) is 11.3. The second-order valence-corrected chi connectivity index (χ2v) is 8.31. The molecule has 0 atom stereocenters. The highest BCUT2D eigenvalue weighted by Gasteiger charge is 2.11. The van der Waals surface area contributed by atoms with E-state index in [1.54, 1.807) is 18.9 Å². The van der Waals surface area contributed by atoms with E-state index >= 15 is 0 Å². The molecule has 29 heavy (non-hydrogen) atoms. The van der Waals surface area contributed by atoms with Gasteiger partial charge in [-0.3, -0.25) is 4.79 Å². The van der Waals surface area contributed by atoms with Crippen LogP contribution in [0.15, 0.2) is 58.2 Å². The molecule has 1 aromatic heterocycles. The van der Waals surface area contributed by atoms with E-state index in [0.29, 0.717) is 17.7 Å². The van der Waals surface area contributed by atoms with E-state index in [2.05, 4.69) is 46.7 Å². The molecule has 0 fully saturated rings. The fourth-order valence-electron chi connectivity index (χ4n) is 2.43. The maximum Gasteiger partial charge on any atom is 0.277 e. The van der Waals surface area contributed by atoms with Gasteiger partial charge < -0.3 is 14.5 Å². The lowest BCUT2D eigenvalue weighted by molar-refractivity contribution is -0.118. The van der Waals surface area contributed by atoms with Gasteiger partial charge in [-0.25, -0.2) is 0 Å². The van der Waals surface area contributed by atoms with Gasteiger partial charge in [0.2, 0.25) is 11.8 Å². The molecule has 0 saturated carbocycles. The maximum absolute atomic E-state index is 12.0. The van der Waals surface area contributed by atoms with Gasteiger partial charge in [0.05, 0.1) is 12.9 Å². The summed E-state index contributed by atoms with van der Waals surface area (Å²) in [7, 11) is 1.62. The number of aryl methyl sites for hydroxylation is 1. The van der Waals surface area contributed by atoms with Crippen molar-refractivity contribution in [2.24, 2.45) is 0 Å². The van der Waals surface area contributed by atoms with E-state index in [4.69, 9.17) is 9.15 Å². The smallest absolute Gasteiger partial charge is 0.277 e. The zero-order chi connectivity index (χ0) is 20.5. The molecule has 1 heterocycles. The van der Waals surface area contributed by atoms with Crippen molar-refractivity contribution in [2.75, 3.05) is 25.2 Å². The van der Waals surface area contributed by atoms with Crippen molar-refractivity contribution in [3.05, 3.63) is 59.7 Å². The average molecular weight is 430 g/mol. The second-order valence-electron chi connectivity index (χ2n) is 6.28.